The highest BCUT2D eigenvalue weighted by atomic mass is 16.6. The molecule has 0 radical (unpaired) electrons. The second-order valence-corrected chi connectivity index (χ2v) is 7.22. The Hall–Kier alpha value is -4.59. The number of pyridine rings is 3. The Morgan fingerprint density at radius 3 is 2.72 bits per heavy atom. The van der Waals surface area contributed by atoms with Gasteiger partial charge in [-0.3, -0.25) is 9.97 Å². The molecule has 0 atom stereocenters. The number of carbonyl (C=O) groups excluding carboxylic acids is 2. The van der Waals surface area contributed by atoms with Crippen LogP contribution in [0, 0.1) is 6.92 Å². The van der Waals surface area contributed by atoms with E-state index in [9.17, 15) is 9.59 Å². The summed E-state index contributed by atoms with van der Waals surface area (Å²) in [7, 11) is 0. The van der Waals surface area contributed by atoms with Crippen LogP contribution in [0.25, 0.3) is 38.9 Å². The molecule has 5 aromatic rings. The average molecular weight is 423 g/mol. The third-order valence-electron chi connectivity index (χ3n) is 5.11. The molecule has 2 N–H and O–H groups in total. The first-order valence-electron chi connectivity index (χ1n) is 9.83. The number of rotatable bonds is 3. The summed E-state index contributed by atoms with van der Waals surface area (Å²) in [5.41, 5.74) is 10.8. The molecule has 156 valence electrons. The van der Waals surface area contributed by atoms with Gasteiger partial charge < -0.3 is 10.5 Å². The lowest BCUT2D eigenvalue weighted by molar-refractivity contribution is 0.0638. The zero-order chi connectivity index (χ0) is 22.2. The third-order valence-corrected chi connectivity index (χ3v) is 5.11. The van der Waals surface area contributed by atoms with Gasteiger partial charge in [0, 0.05) is 29.0 Å². The van der Waals surface area contributed by atoms with Crippen LogP contribution in [0.2, 0.25) is 0 Å². The zero-order valence-electron chi connectivity index (χ0n) is 17.0. The molecule has 0 spiro atoms. The molecule has 0 fully saturated rings. The number of aromatic nitrogens is 4. The molecule has 0 aliphatic heterocycles. The summed E-state index contributed by atoms with van der Waals surface area (Å²) < 4.78 is 6.30. The summed E-state index contributed by atoms with van der Waals surface area (Å²) in [6.45, 7) is 1.94. The molecule has 32 heavy (non-hydrogen) atoms. The Morgan fingerprint density at radius 1 is 1.03 bits per heavy atom. The quantitative estimate of drug-likeness (QED) is 0.344. The molecule has 0 bridgehead atoms. The lowest BCUT2D eigenvalue weighted by Gasteiger charge is -2.09. The summed E-state index contributed by atoms with van der Waals surface area (Å²) in [4.78, 5) is 32.1. The molecular weight excluding hydrogens is 406 g/mol. The smallest absolute Gasteiger partial charge is 0.373 e. The molecule has 1 amide bonds. The number of nitrogens with two attached hydrogens (primary N) is 1. The maximum absolute atomic E-state index is 12.1. The Balaban J connectivity index is 1.75. The fourth-order valence-corrected chi connectivity index (χ4v) is 3.76. The van der Waals surface area contributed by atoms with Crippen LogP contribution < -0.4 is 5.73 Å². The van der Waals surface area contributed by atoms with Crippen LogP contribution in [-0.2, 0) is 4.74 Å². The summed E-state index contributed by atoms with van der Waals surface area (Å²) in [6.07, 6.45) is 2.40. The highest BCUT2D eigenvalue weighted by Crippen LogP contribution is 2.38. The number of primary amides is 1. The Kier molecular flexibility index (Phi) is 4.59. The lowest BCUT2D eigenvalue weighted by atomic mass is 9.97. The van der Waals surface area contributed by atoms with Crippen LogP contribution in [0.4, 0.5) is 4.79 Å². The maximum Gasteiger partial charge on any atom is 0.412 e. The average Bonchev–Trinajstić information content (AvgIpc) is 3.17. The molecule has 0 saturated carbocycles. The molecule has 8 nitrogen and oxygen atoms in total. The van der Waals surface area contributed by atoms with Crippen LogP contribution in [0.3, 0.4) is 0 Å². The lowest BCUT2D eigenvalue weighted by Crippen LogP contribution is -2.18. The summed E-state index contributed by atoms with van der Waals surface area (Å²) in [5.74, 6) is -0.827. The number of nitrogens with zero attached hydrogens (tertiary/aromatic N) is 4. The van der Waals surface area contributed by atoms with E-state index in [-0.39, 0.29) is 5.56 Å². The van der Waals surface area contributed by atoms with E-state index in [1.807, 2.05) is 60.1 Å². The van der Waals surface area contributed by atoms with Gasteiger partial charge in [0.25, 0.3) is 0 Å². The summed E-state index contributed by atoms with van der Waals surface area (Å²) in [5, 5.41) is 5.61. The van der Waals surface area contributed by atoms with Gasteiger partial charge in [0.2, 0.25) is 0 Å². The van der Waals surface area contributed by atoms with Crippen molar-refractivity contribution in [2.24, 2.45) is 5.73 Å². The van der Waals surface area contributed by atoms with Crippen molar-refractivity contribution < 1.29 is 14.3 Å². The second kappa shape index (κ2) is 7.59. The van der Waals surface area contributed by atoms with Crippen molar-refractivity contribution in [1.29, 1.82) is 0 Å². The third kappa shape index (κ3) is 3.33. The van der Waals surface area contributed by atoms with Gasteiger partial charge in [-0.1, -0.05) is 18.2 Å². The van der Waals surface area contributed by atoms with E-state index >= 15 is 0 Å². The number of esters is 1. The first-order chi connectivity index (χ1) is 15.5. The van der Waals surface area contributed by atoms with Gasteiger partial charge >= 0.3 is 12.1 Å². The van der Waals surface area contributed by atoms with Crippen LogP contribution in [0.15, 0.2) is 73.1 Å². The Morgan fingerprint density at radius 2 is 1.91 bits per heavy atom. The van der Waals surface area contributed by atoms with Crippen molar-refractivity contribution in [2.75, 3.05) is 0 Å². The molecule has 0 saturated heterocycles. The molecule has 8 heteroatoms. The molecule has 4 aromatic heterocycles. The minimum absolute atomic E-state index is 0.182. The largest absolute Gasteiger partial charge is 0.412 e. The van der Waals surface area contributed by atoms with Crippen LogP contribution in [-0.4, -0.2) is 31.6 Å². The van der Waals surface area contributed by atoms with E-state index in [4.69, 9.17) is 10.8 Å². The molecule has 1 aromatic carbocycles. The molecule has 5 rings (SSSR count). The van der Waals surface area contributed by atoms with Crippen LogP contribution >= 0.6 is 0 Å². The van der Waals surface area contributed by atoms with Crippen molar-refractivity contribution in [3.05, 3.63) is 84.3 Å². The second-order valence-electron chi connectivity index (χ2n) is 7.22. The Labute approximate surface area is 182 Å². The number of benzene rings is 1. The van der Waals surface area contributed by atoms with Gasteiger partial charge in [-0.2, -0.15) is 5.10 Å². The summed E-state index contributed by atoms with van der Waals surface area (Å²) >= 11 is 0. The first kappa shape index (κ1) is 19.4. The molecular formula is C24H17N5O3. The van der Waals surface area contributed by atoms with Crippen LogP contribution in [0.5, 0.6) is 0 Å². The normalized spacial score (nSPS) is 11.0. The fourth-order valence-electron chi connectivity index (χ4n) is 3.76. The number of carbonyl (C=O) groups is 2. The van der Waals surface area contributed by atoms with Crippen molar-refractivity contribution in [1.82, 2.24) is 19.6 Å². The van der Waals surface area contributed by atoms with Gasteiger partial charge in [0.15, 0.2) is 0 Å². The molecule has 0 aliphatic carbocycles. The van der Waals surface area contributed by atoms with Crippen molar-refractivity contribution in [3.63, 3.8) is 0 Å². The number of aryl methyl sites for hydroxylation is 1. The van der Waals surface area contributed by atoms with Gasteiger partial charge in [0.1, 0.15) is 5.69 Å². The number of hydrogen-bond acceptors (Lipinski definition) is 6. The standard InChI is InChI=1S/C24H17N5O3/c1-14-5-4-6-18(27-14)22-21(20-7-2-3-12-29(20)28-22)17-10-11-26-19-13-15(8-9-16(17)19)23(30)32-24(25)31/h2-13H,1H3,(H2,25,31). The first-order valence-corrected chi connectivity index (χ1v) is 9.83. The maximum atomic E-state index is 12.1. The van der Waals surface area contributed by atoms with Crippen molar-refractivity contribution in [3.8, 4) is 22.5 Å². The Bertz CT molecular complexity index is 1520. The number of amides is 1. The fraction of sp³-hybridized carbons (Fsp3) is 0.0417. The number of hydrogen-bond donors (Lipinski definition) is 1. The monoisotopic (exact) mass is 423 g/mol. The number of fused-ring (bicyclic) bond motifs is 2. The zero-order valence-corrected chi connectivity index (χ0v) is 17.0. The topological polar surface area (TPSA) is 112 Å². The van der Waals surface area contributed by atoms with E-state index in [1.54, 1.807) is 24.4 Å². The highest BCUT2D eigenvalue weighted by Gasteiger charge is 2.20. The van der Waals surface area contributed by atoms with Gasteiger partial charge in [-0.05, 0) is 55.0 Å². The van der Waals surface area contributed by atoms with Gasteiger partial charge in [0.05, 0.1) is 22.3 Å². The highest BCUT2D eigenvalue weighted by molar-refractivity contribution is 6.05. The van der Waals surface area contributed by atoms with Crippen molar-refractivity contribution >= 4 is 28.5 Å². The van der Waals surface area contributed by atoms with E-state index in [1.165, 1.54) is 0 Å². The minimum Gasteiger partial charge on any atom is -0.373 e. The molecule has 0 aliphatic rings. The predicted molar refractivity (Wildman–Crippen MR) is 119 cm³/mol. The predicted octanol–water partition coefficient (Wildman–Crippen LogP) is 4.16. The van der Waals surface area contributed by atoms with Crippen molar-refractivity contribution in [2.45, 2.75) is 6.92 Å². The minimum atomic E-state index is -1.15. The van der Waals surface area contributed by atoms with Gasteiger partial charge in [-0.15, -0.1) is 0 Å². The molecule has 4 heterocycles. The van der Waals surface area contributed by atoms with E-state index in [0.29, 0.717) is 5.52 Å². The summed E-state index contributed by atoms with van der Waals surface area (Å²) in [6, 6.07) is 18.5. The van der Waals surface area contributed by atoms with Gasteiger partial charge in [-0.25, -0.2) is 14.1 Å². The molecule has 0 unspecified atom stereocenters. The van der Waals surface area contributed by atoms with E-state index in [2.05, 4.69) is 14.7 Å². The SMILES string of the molecule is Cc1cccc(-c2nn3ccccc3c2-c2ccnc3cc(C(=O)OC(N)=O)ccc23)n1. The van der Waals surface area contributed by atoms with Crippen LogP contribution in [0.1, 0.15) is 16.1 Å². The van der Waals surface area contributed by atoms with E-state index in [0.717, 1.165) is 39.1 Å². The number of ether oxygens (including phenoxy) is 1. The van der Waals surface area contributed by atoms with E-state index < -0.39 is 12.1 Å².